The Kier molecular flexibility index (Phi) is 8.25. The molecule has 1 heterocycles. The van der Waals surface area contributed by atoms with Crippen LogP contribution in [-0.4, -0.2) is 42.1 Å². The van der Waals surface area contributed by atoms with Gasteiger partial charge in [-0.25, -0.2) is 8.60 Å². The third kappa shape index (κ3) is 5.38. The molecule has 1 N–H and O–H groups in total. The van der Waals surface area contributed by atoms with Crippen LogP contribution in [0.1, 0.15) is 40.1 Å². The number of ether oxygens (including phenoxy) is 2. The molecule has 1 atom stereocenters. The highest BCUT2D eigenvalue weighted by molar-refractivity contribution is 7.85. The van der Waals surface area contributed by atoms with Crippen LogP contribution in [0.25, 0.3) is 0 Å². The summed E-state index contributed by atoms with van der Waals surface area (Å²) in [4.78, 5) is 28.7. The summed E-state index contributed by atoms with van der Waals surface area (Å²) in [7, 11) is -1.68. The lowest BCUT2D eigenvalue weighted by Crippen LogP contribution is -2.35. The van der Waals surface area contributed by atoms with Gasteiger partial charge < -0.3 is 19.7 Å². The van der Waals surface area contributed by atoms with Crippen LogP contribution in [0.2, 0.25) is 0 Å². The minimum Gasteiger partial charge on any atom is -0.351 e. The van der Waals surface area contributed by atoms with Gasteiger partial charge in [0.25, 0.3) is 11.8 Å². The lowest BCUT2D eigenvalue weighted by Gasteiger charge is -2.24. The first-order valence-electron chi connectivity index (χ1n) is 11.7. The third-order valence-corrected chi connectivity index (χ3v) is 7.19. The second-order valence-electron chi connectivity index (χ2n) is 7.98. The van der Waals surface area contributed by atoms with Crippen LogP contribution in [0.4, 0.5) is 10.1 Å². The Bertz CT molecular complexity index is 1290. The molecule has 0 aliphatic carbocycles. The maximum Gasteiger partial charge on any atom is 0.259 e. The van der Waals surface area contributed by atoms with Crippen LogP contribution in [-0.2, 0) is 26.8 Å². The third-order valence-electron chi connectivity index (χ3n) is 5.69. The summed E-state index contributed by atoms with van der Waals surface area (Å²) in [5, 5.41) is 2.78. The molecule has 7 nitrogen and oxygen atoms in total. The lowest BCUT2D eigenvalue weighted by molar-refractivity contribution is -0.131. The minimum atomic E-state index is -1.68. The normalized spacial score (nSPS) is 14.8. The average Bonchev–Trinajstić information content (AvgIpc) is 2.98. The number of fused-ring (bicyclic) bond motifs is 2. The van der Waals surface area contributed by atoms with Gasteiger partial charge in [0, 0.05) is 24.3 Å². The number of nitrogens with zero attached hydrogens (tertiary/aromatic N) is 1. The van der Waals surface area contributed by atoms with E-state index in [1.165, 1.54) is 17.0 Å². The van der Waals surface area contributed by atoms with E-state index < -0.39 is 34.7 Å². The molecule has 2 amide bonds. The fourth-order valence-corrected chi connectivity index (χ4v) is 5.32. The number of carbonyl (C=O) groups is 2. The molecule has 1 aliphatic rings. The highest BCUT2D eigenvalue weighted by atomic mass is 32.2. The maximum atomic E-state index is 14.5. The first-order valence-corrected chi connectivity index (χ1v) is 12.8. The minimum absolute atomic E-state index is 0.0914. The van der Waals surface area contributed by atoms with Crippen LogP contribution >= 0.6 is 0 Å². The molecule has 0 bridgehead atoms. The molecular formula is C27H27FN2O5S. The number of hydrogen-bond donors (Lipinski definition) is 1. The van der Waals surface area contributed by atoms with Gasteiger partial charge in [-0.3, -0.25) is 9.59 Å². The predicted molar refractivity (Wildman–Crippen MR) is 134 cm³/mol. The van der Waals surface area contributed by atoms with E-state index in [2.05, 4.69) is 5.32 Å². The first-order chi connectivity index (χ1) is 17.4. The second kappa shape index (κ2) is 11.6. The van der Waals surface area contributed by atoms with Crippen molar-refractivity contribution in [2.75, 3.05) is 24.7 Å². The molecule has 36 heavy (non-hydrogen) atoms. The molecular weight excluding hydrogens is 483 g/mol. The summed E-state index contributed by atoms with van der Waals surface area (Å²) in [5.74, 6) is -1.29. The van der Waals surface area contributed by atoms with Gasteiger partial charge in [-0.1, -0.05) is 30.3 Å². The molecule has 0 fully saturated rings. The molecule has 0 radical (unpaired) electrons. The van der Waals surface area contributed by atoms with E-state index in [0.717, 1.165) is 0 Å². The van der Waals surface area contributed by atoms with Crippen molar-refractivity contribution in [2.24, 2.45) is 0 Å². The largest absolute Gasteiger partial charge is 0.351 e. The Labute approximate surface area is 211 Å². The topological polar surface area (TPSA) is 84.9 Å². The van der Waals surface area contributed by atoms with Crippen molar-refractivity contribution >= 4 is 28.3 Å². The number of benzene rings is 3. The highest BCUT2D eigenvalue weighted by Gasteiger charge is 2.32. The summed E-state index contributed by atoms with van der Waals surface area (Å²) in [6.45, 7) is 4.57. The maximum absolute atomic E-state index is 14.5. The average molecular weight is 511 g/mol. The SMILES string of the molecule is CCOC(CNC(=O)c1ccc2c(c1)N(Cc1ccccc1F)C(=O)c1ccccc1[S@]2=O)OCC. The van der Waals surface area contributed by atoms with E-state index in [1.807, 2.05) is 13.8 Å². The Hall–Kier alpha value is -3.40. The smallest absolute Gasteiger partial charge is 0.259 e. The van der Waals surface area contributed by atoms with Gasteiger partial charge in [0.05, 0.1) is 44.9 Å². The van der Waals surface area contributed by atoms with Crippen LogP contribution in [0.5, 0.6) is 0 Å². The zero-order valence-electron chi connectivity index (χ0n) is 20.0. The lowest BCUT2D eigenvalue weighted by atomic mass is 10.1. The molecule has 0 saturated carbocycles. The van der Waals surface area contributed by atoms with Gasteiger partial charge in [0.2, 0.25) is 0 Å². The Morgan fingerprint density at radius 3 is 2.42 bits per heavy atom. The zero-order valence-corrected chi connectivity index (χ0v) is 20.8. The van der Waals surface area contributed by atoms with E-state index in [-0.39, 0.29) is 29.9 Å². The summed E-state index contributed by atoms with van der Waals surface area (Å²) < 4.78 is 39.0. The molecule has 9 heteroatoms. The van der Waals surface area contributed by atoms with Crippen molar-refractivity contribution in [1.82, 2.24) is 5.32 Å². The molecule has 0 saturated heterocycles. The molecule has 0 spiro atoms. The quantitative estimate of drug-likeness (QED) is 0.435. The van der Waals surface area contributed by atoms with Crippen molar-refractivity contribution in [3.05, 3.63) is 89.2 Å². The van der Waals surface area contributed by atoms with Crippen molar-refractivity contribution < 1.29 is 27.7 Å². The van der Waals surface area contributed by atoms with Crippen molar-refractivity contribution in [3.8, 4) is 0 Å². The number of hydrogen-bond acceptors (Lipinski definition) is 5. The molecule has 0 unspecified atom stereocenters. The van der Waals surface area contributed by atoms with Gasteiger partial charge in [-0.2, -0.15) is 0 Å². The van der Waals surface area contributed by atoms with Gasteiger partial charge in [0.15, 0.2) is 6.29 Å². The number of anilines is 1. The highest BCUT2D eigenvalue weighted by Crippen LogP contribution is 2.36. The zero-order chi connectivity index (χ0) is 25.7. The molecule has 0 aromatic heterocycles. The Morgan fingerprint density at radius 1 is 1.00 bits per heavy atom. The number of halogens is 1. The fraction of sp³-hybridized carbons (Fsp3) is 0.259. The monoisotopic (exact) mass is 510 g/mol. The summed E-state index contributed by atoms with van der Waals surface area (Å²) in [5.41, 5.74) is 1.12. The Balaban J connectivity index is 1.72. The number of carbonyl (C=O) groups excluding carboxylic acids is 2. The first kappa shape index (κ1) is 25.7. The fourth-order valence-electron chi connectivity index (χ4n) is 3.97. The molecule has 4 rings (SSSR count). The molecule has 188 valence electrons. The van der Waals surface area contributed by atoms with Gasteiger partial charge in [-0.05, 0) is 50.2 Å². The molecule has 3 aromatic rings. The number of rotatable bonds is 9. The molecule has 1 aliphatic heterocycles. The number of amides is 2. The molecule has 3 aromatic carbocycles. The van der Waals surface area contributed by atoms with Crippen LogP contribution in [0, 0.1) is 5.82 Å². The van der Waals surface area contributed by atoms with Crippen LogP contribution in [0.3, 0.4) is 0 Å². The summed E-state index contributed by atoms with van der Waals surface area (Å²) in [6.07, 6.45) is -0.592. The standard InChI is InChI=1S/C27H27FN2O5S/c1-3-34-25(35-4-2)16-29-26(31)18-13-14-24-22(15-18)30(17-19-9-5-7-11-21(19)28)27(32)20-10-6-8-12-23(20)36(24)33/h5-15,25H,3-4,16-17H2,1-2H3,(H,29,31)/t36-/m1/s1. The van der Waals surface area contributed by atoms with Crippen molar-refractivity contribution in [1.29, 1.82) is 0 Å². The van der Waals surface area contributed by atoms with E-state index in [0.29, 0.717) is 28.6 Å². The van der Waals surface area contributed by atoms with Crippen molar-refractivity contribution in [2.45, 2.75) is 36.5 Å². The van der Waals surface area contributed by atoms with E-state index in [1.54, 1.807) is 54.6 Å². The second-order valence-corrected chi connectivity index (χ2v) is 9.40. The summed E-state index contributed by atoms with van der Waals surface area (Å²) in [6, 6.07) is 17.5. The van der Waals surface area contributed by atoms with E-state index in [9.17, 15) is 18.2 Å². The Morgan fingerprint density at radius 2 is 1.69 bits per heavy atom. The number of nitrogens with one attached hydrogen (secondary N) is 1. The van der Waals surface area contributed by atoms with Gasteiger partial charge in [-0.15, -0.1) is 0 Å². The van der Waals surface area contributed by atoms with E-state index >= 15 is 0 Å². The van der Waals surface area contributed by atoms with Gasteiger partial charge in [0.1, 0.15) is 5.82 Å². The van der Waals surface area contributed by atoms with Gasteiger partial charge >= 0.3 is 0 Å². The predicted octanol–water partition coefficient (Wildman–Crippen LogP) is 4.28. The van der Waals surface area contributed by atoms with E-state index in [4.69, 9.17) is 9.47 Å². The van der Waals surface area contributed by atoms with Crippen molar-refractivity contribution in [3.63, 3.8) is 0 Å². The summed E-state index contributed by atoms with van der Waals surface area (Å²) >= 11 is 0. The van der Waals surface area contributed by atoms with Crippen LogP contribution in [0.15, 0.2) is 76.5 Å². The van der Waals surface area contributed by atoms with Crippen LogP contribution < -0.4 is 10.2 Å².